The predicted octanol–water partition coefficient (Wildman–Crippen LogP) is 2.19. The highest BCUT2D eigenvalue weighted by Crippen LogP contribution is 2.19. The molecule has 25 heavy (non-hydrogen) atoms. The van der Waals surface area contributed by atoms with E-state index in [1.165, 1.54) is 0 Å². The van der Waals surface area contributed by atoms with Crippen molar-refractivity contribution < 1.29 is 14.3 Å². The van der Waals surface area contributed by atoms with Crippen molar-refractivity contribution in [3.05, 3.63) is 65.9 Å². The van der Waals surface area contributed by atoms with Crippen LogP contribution in [0.5, 0.6) is 5.75 Å². The van der Waals surface area contributed by atoms with Crippen molar-refractivity contribution in [2.24, 2.45) is 7.05 Å². The third-order valence-corrected chi connectivity index (χ3v) is 3.98. The smallest absolute Gasteiger partial charge is 0.271 e. The Morgan fingerprint density at radius 1 is 1.04 bits per heavy atom. The van der Waals surface area contributed by atoms with Crippen molar-refractivity contribution in [2.45, 2.75) is 6.42 Å². The quantitative estimate of drug-likeness (QED) is 0.717. The molecule has 0 saturated carbocycles. The summed E-state index contributed by atoms with van der Waals surface area (Å²) in [7, 11) is 3.46. The number of carbonyl (C=O) groups excluding carboxylic acids is 2. The molecule has 1 heterocycles. The van der Waals surface area contributed by atoms with Crippen LogP contribution < -0.4 is 15.6 Å². The van der Waals surface area contributed by atoms with Crippen LogP contribution in [0, 0.1) is 0 Å². The molecule has 2 N–H and O–H groups in total. The van der Waals surface area contributed by atoms with Crippen LogP contribution in [0.15, 0.2) is 54.7 Å². The summed E-state index contributed by atoms with van der Waals surface area (Å²) in [5.74, 6) is 0.0899. The molecule has 0 saturated heterocycles. The fraction of sp³-hybridized carbons (Fsp3) is 0.158. The third-order valence-electron chi connectivity index (χ3n) is 3.98. The van der Waals surface area contributed by atoms with E-state index in [4.69, 9.17) is 4.74 Å². The fourth-order valence-electron chi connectivity index (χ4n) is 2.69. The monoisotopic (exact) mass is 337 g/mol. The van der Waals surface area contributed by atoms with Gasteiger partial charge in [0.05, 0.1) is 19.1 Å². The minimum atomic E-state index is -0.347. The van der Waals surface area contributed by atoms with Gasteiger partial charge in [0.15, 0.2) is 0 Å². The number of fused-ring (bicyclic) bond motifs is 1. The van der Waals surface area contributed by atoms with Crippen molar-refractivity contribution >= 4 is 22.7 Å². The number of amides is 2. The number of hydrazine groups is 1. The van der Waals surface area contributed by atoms with Gasteiger partial charge < -0.3 is 9.30 Å². The standard InChI is InChI=1S/C19H19N3O3/c1-22-12-16(15-5-3-4-6-17(15)22)19(24)21-20-18(23)11-13-7-9-14(25-2)10-8-13/h3-10,12H,11H2,1-2H3,(H,20,23)(H,21,24). The number of para-hydroxylation sites is 1. The van der Waals surface area contributed by atoms with Gasteiger partial charge in [0, 0.05) is 24.1 Å². The van der Waals surface area contributed by atoms with Gasteiger partial charge in [0.2, 0.25) is 5.91 Å². The highest BCUT2D eigenvalue weighted by atomic mass is 16.5. The summed E-state index contributed by atoms with van der Waals surface area (Å²) in [5.41, 5.74) is 7.23. The Morgan fingerprint density at radius 3 is 2.48 bits per heavy atom. The van der Waals surface area contributed by atoms with Crippen LogP contribution in [-0.2, 0) is 18.3 Å². The molecule has 0 aliphatic carbocycles. The Labute approximate surface area is 145 Å². The Balaban J connectivity index is 1.62. The molecule has 6 nitrogen and oxygen atoms in total. The summed E-state index contributed by atoms with van der Waals surface area (Å²) in [5, 5.41) is 0.840. The zero-order chi connectivity index (χ0) is 17.8. The van der Waals surface area contributed by atoms with E-state index in [9.17, 15) is 9.59 Å². The molecule has 0 aliphatic rings. The van der Waals surface area contributed by atoms with Gasteiger partial charge in [-0.3, -0.25) is 20.4 Å². The zero-order valence-corrected chi connectivity index (χ0v) is 14.1. The molecule has 128 valence electrons. The highest BCUT2D eigenvalue weighted by molar-refractivity contribution is 6.07. The number of nitrogens with one attached hydrogen (secondary N) is 2. The fourth-order valence-corrected chi connectivity index (χ4v) is 2.69. The lowest BCUT2D eigenvalue weighted by atomic mass is 10.1. The largest absolute Gasteiger partial charge is 0.497 e. The Bertz CT molecular complexity index is 913. The van der Waals surface area contributed by atoms with Crippen LogP contribution in [-0.4, -0.2) is 23.5 Å². The maximum Gasteiger partial charge on any atom is 0.271 e. The van der Waals surface area contributed by atoms with Crippen LogP contribution in [0.25, 0.3) is 10.9 Å². The second kappa shape index (κ2) is 7.09. The molecule has 1 aromatic heterocycles. The number of aryl methyl sites for hydroxylation is 1. The molecule has 0 aliphatic heterocycles. The first-order valence-corrected chi connectivity index (χ1v) is 7.84. The molecule has 0 atom stereocenters. The minimum absolute atomic E-state index is 0.166. The summed E-state index contributed by atoms with van der Waals surface area (Å²) in [6.07, 6.45) is 1.91. The third kappa shape index (κ3) is 3.63. The van der Waals surface area contributed by atoms with Crippen LogP contribution in [0.4, 0.5) is 0 Å². The number of aromatic nitrogens is 1. The Hall–Kier alpha value is -3.28. The molecular formula is C19H19N3O3. The van der Waals surface area contributed by atoms with Crippen molar-refractivity contribution in [3.8, 4) is 5.75 Å². The molecule has 0 radical (unpaired) electrons. The molecule has 3 rings (SSSR count). The lowest BCUT2D eigenvalue weighted by Crippen LogP contribution is -2.42. The first-order valence-electron chi connectivity index (χ1n) is 7.84. The van der Waals surface area contributed by atoms with Gasteiger partial charge in [-0.15, -0.1) is 0 Å². The molecule has 2 amide bonds. The average Bonchev–Trinajstić information content (AvgIpc) is 2.98. The Morgan fingerprint density at radius 2 is 1.76 bits per heavy atom. The molecule has 6 heteroatoms. The second-order valence-corrected chi connectivity index (χ2v) is 5.70. The van der Waals surface area contributed by atoms with E-state index >= 15 is 0 Å². The summed E-state index contributed by atoms with van der Waals surface area (Å²) in [4.78, 5) is 24.4. The number of rotatable bonds is 4. The average molecular weight is 337 g/mol. The molecular weight excluding hydrogens is 318 g/mol. The topological polar surface area (TPSA) is 72.4 Å². The molecule has 0 fully saturated rings. The van der Waals surface area contributed by atoms with Crippen LogP contribution in [0.3, 0.4) is 0 Å². The van der Waals surface area contributed by atoms with Crippen LogP contribution >= 0.6 is 0 Å². The van der Waals surface area contributed by atoms with E-state index in [1.54, 1.807) is 25.4 Å². The number of hydrogen-bond donors (Lipinski definition) is 2. The van der Waals surface area contributed by atoms with E-state index in [0.29, 0.717) is 5.56 Å². The summed E-state index contributed by atoms with van der Waals surface area (Å²) >= 11 is 0. The van der Waals surface area contributed by atoms with Crippen LogP contribution in [0.1, 0.15) is 15.9 Å². The molecule has 0 spiro atoms. The maximum atomic E-state index is 12.4. The zero-order valence-electron chi connectivity index (χ0n) is 14.1. The predicted molar refractivity (Wildman–Crippen MR) is 95.2 cm³/mol. The van der Waals surface area contributed by atoms with E-state index in [2.05, 4.69) is 10.9 Å². The number of nitrogens with zero attached hydrogens (tertiary/aromatic N) is 1. The van der Waals surface area contributed by atoms with Gasteiger partial charge in [-0.2, -0.15) is 0 Å². The summed E-state index contributed by atoms with van der Waals surface area (Å²) < 4.78 is 6.96. The van der Waals surface area contributed by atoms with Gasteiger partial charge in [0.1, 0.15) is 5.75 Å². The maximum absolute atomic E-state index is 12.4. The summed E-state index contributed by atoms with van der Waals surface area (Å²) in [6, 6.07) is 14.8. The molecule has 0 bridgehead atoms. The van der Waals surface area contributed by atoms with Crippen LogP contribution in [0.2, 0.25) is 0 Å². The second-order valence-electron chi connectivity index (χ2n) is 5.70. The molecule has 0 unspecified atom stereocenters. The number of methoxy groups -OCH3 is 1. The van der Waals surface area contributed by atoms with Gasteiger partial charge in [-0.25, -0.2) is 0 Å². The van der Waals surface area contributed by atoms with Crippen molar-refractivity contribution in [2.75, 3.05) is 7.11 Å². The first-order chi connectivity index (χ1) is 12.1. The SMILES string of the molecule is COc1ccc(CC(=O)NNC(=O)c2cn(C)c3ccccc23)cc1. The van der Waals surface area contributed by atoms with E-state index in [-0.39, 0.29) is 18.2 Å². The highest BCUT2D eigenvalue weighted by Gasteiger charge is 2.14. The van der Waals surface area contributed by atoms with Gasteiger partial charge in [-0.1, -0.05) is 30.3 Å². The Kier molecular flexibility index (Phi) is 4.70. The van der Waals surface area contributed by atoms with Crippen molar-refractivity contribution in [1.82, 2.24) is 15.4 Å². The number of hydrogen-bond acceptors (Lipinski definition) is 3. The first kappa shape index (κ1) is 16.6. The van der Waals surface area contributed by atoms with E-state index in [0.717, 1.165) is 22.2 Å². The van der Waals surface area contributed by atoms with Gasteiger partial charge >= 0.3 is 0 Å². The number of carbonyl (C=O) groups is 2. The summed E-state index contributed by atoms with van der Waals surface area (Å²) in [6.45, 7) is 0. The van der Waals surface area contributed by atoms with Gasteiger partial charge in [-0.05, 0) is 23.8 Å². The lowest BCUT2D eigenvalue weighted by Gasteiger charge is -2.07. The van der Waals surface area contributed by atoms with Crippen molar-refractivity contribution in [1.29, 1.82) is 0 Å². The van der Waals surface area contributed by atoms with E-state index in [1.807, 2.05) is 48.0 Å². The lowest BCUT2D eigenvalue weighted by molar-refractivity contribution is -0.121. The normalized spacial score (nSPS) is 10.5. The van der Waals surface area contributed by atoms with E-state index < -0.39 is 0 Å². The van der Waals surface area contributed by atoms with Gasteiger partial charge in [0.25, 0.3) is 5.91 Å². The molecule has 3 aromatic rings. The van der Waals surface area contributed by atoms with Crippen molar-refractivity contribution in [3.63, 3.8) is 0 Å². The molecule has 2 aromatic carbocycles. The minimum Gasteiger partial charge on any atom is -0.497 e. The number of ether oxygens (including phenoxy) is 1. The number of benzene rings is 2.